The second-order valence-electron chi connectivity index (χ2n) is 6.66. The van der Waals surface area contributed by atoms with Gasteiger partial charge in [0.1, 0.15) is 5.75 Å². The van der Waals surface area contributed by atoms with Crippen molar-refractivity contribution < 1.29 is 21.6 Å². The molecule has 1 aromatic rings. The van der Waals surface area contributed by atoms with E-state index in [1.54, 1.807) is 24.3 Å². The maximum atomic E-state index is 12.7. The molecule has 0 bridgehead atoms. The van der Waals surface area contributed by atoms with Crippen LogP contribution in [-0.2, 0) is 30.2 Å². The first-order valence-corrected chi connectivity index (χ1v) is 13.0. The van der Waals surface area contributed by atoms with Gasteiger partial charge in [-0.25, -0.2) is 16.8 Å². The van der Waals surface area contributed by atoms with Gasteiger partial charge < -0.3 is 4.90 Å². The van der Waals surface area contributed by atoms with Crippen LogP contribution in [0.4, 0.5) is 0 Å². The van der Waals surface area contributed by atoms with Crippen LogP contribution in [0.15, 0.2) is 28.7 Å². The van der Waals surface area contributed by atoms with Crippen molar-refractivity contribution in [1.82, 2.24) is 4.90 Å². The van der Waals surface area contributed by atoms with Crippen LogP contribution in [0.5, 0.6) is 0 Å². The molecule has 1 amide bonds. The fourth-order valence-electron chi connectivity index (χ4n) is 3.06. The Hall–Kier alpha value is -0.930. The third-order valence-corrected chi connectivity index (χ3v) is 8.04. The quantitative estimate of drug-likeness (QED) is 0.586. The molecule has 0 aromatic heterocycles. The summed E-state index contributed by atoms with van der Waals surface area (Å²) in [5.74, 6) is -1.34. The lowest BCUT2D eigenvalue weighted by Gasteiger charge is -2.28. The van der Waals surface area contributed by atoms with Gasteiger partial charge in [0.05, 0.1) is 17.3 Å². The number of halogens is 1. The first-order chi connectivity index (χ1) is 12.1. The summed E-state index contributed by atoms with van der Waals surface area (Å²) in [6.07, 6.45) is 1.94. The highest BCUT2D eigenvalue weighted by molar-refractivity contribution is 9.10. The number of sulfone groups is 2. The predicted molar refractivity (Wildman–Crippen MR) is 105 cm³/mol. The lowest BCUT2D eigenvalue weighted by Crippen LogP contribution is -2.44. The highest BCUT2D eigenvalue weighted by Gasteiger charge is 2.35. The van der Waals surface area contributed by atoms with Crippen LogP contribution in [0.3, 0.4) is 0 Å². The number of nitrogens with zero attached hydrogens (tertiary/aromatic N) is 1. The standard InChI is InChI=1S/C17H24BrNO5S2/c1-2-3-8-19(16-7-9-25(21,22)12-16)17(20)13-26(23,24)11-14-5-4-6-15(18)10-14/h4-6,10,16H,2-3,7-9,11-13H2,1H3. The summed E-state index contributed by atoms with van der Waals surface area (Å²) >= 11 is 3.30. The molecule has 0 radical (unpaired) electrons. The van der Waals surface area contributed by atoms with E-state index in [1.165, 1.54) is 4.90 Å². The Morgan fingerprint density at radius 2 is 2.08 bits per heavy atom. The fraction of sp³-hybridized carbons (Fsp3) is 0.588. The van der Waals surface area contributed by atoms with Crippen molar-refractivity contribution in [1.29, 1.82) is 0 Å². The molecular formula is C17H24BrNO5S2. The Bertz CT molecular complexity index is 852. The van der Waals surface area contributed by atoms with Crippen molar-refractivity contribution in [2.75, 3.05) is 23.8 Å². The zero-order chi connectivity index (χ0) is 19.4. The maximum absolute atomic E-state index is 12.7. The van der Waals surface area contributed by atoms with Crippen molar-refractivity contribution in [2.24, 2.45) is 0 Å². The summed E-state index contributed by atoms with van der Waals surface area (Å²) in [5, 5.41) is 0. The number of carbonyl (C=O) groups is 1. The van der Waals surface area contributed by atoms with E-state index in [4.69, 9.17) is 0 Å². The first-order valence-electron chi connectivity index (χ1n) is 8.56. The third kappa shape index (κ3) is 6.35. The summed E-state index contributed by atoms with van der Waals surface area (Å²) in [7, 11) is -6.79. The van der Waals surface area contributed by atoms with E-state index >= 15 is 0 Å². The minimum atomic E-state index is -3.64. The first kappa shape index (κ1) is 21.4. The molecule has 146 valence electrons. The Morgan fingerprint density at radius 1 is 1.35 bits per heavy atom. The number of hydrogen-bond donors (Lipinski definition) is 0. The van der Waals surface area contributed by atoms with E-state index in [0.717, 1.165) is 10.9 Å². The molecular weight excluding hydrogens is 442 g/mol. The smallest absolute Gasteiger partial charge is 0.238 e. The zero-order valence-corrected chi connectivity index (χ0v) is 17.9. The molecule has 1 saturated heterocycles. The third-order valence-electron chi connectivity index (χ3n) is 4.34. The number of hydrogen-bond acceptors (Lipinski definition) is 5. The predicted octanol–water partition coefficient (Wildman–Crippen LogP) is 2.18. The summed E-state index contributed by atoms with van der Waals surface area (Å²) in [6, 6.07) is 6.54. The lowest BCUT2D eigenvalue weighted by molar-refractivity contribution is -0.130. The van der Waals surface area contributed by atoms with Gasteiger partial charge in [-0.05, 0) is 30.5 Å². The SMILES string of the molecule is CCCCN(C(=O)CS(=O)(=O)Cc1cccc(Br)c1)C1CCS(=O)(=O)C1. The van der Waals surface area contributed by atoms with E-state index in [0.29, 0.717) is 24.9 Å². The molecule has 1 atom stereocenters. The van der Waals surface area contributed by atoms with Gasteiger partial charge in [-0.3, -0.25) is 4.79 Å². The number of benzene rings is 1. The molecule has 1 unspecified atom stereocenters. The Labute approximate surface area is 163 Å². The number of carbonyl (C=O) groups excluding carboxylic acids is 1. The molecule has 1 aliphatic heterocycles. The van der Waals surface area contributed by atoms with Crippen molar-refractivity contribution >= 4 is 41.5 Å². The maximum Gasteiger partial charge on any atom is 0.238 e. The minimum absolute atomic E-state index is 0.0539. The largest absolute Gasteiger partial charge is 0.338 e. The second kappa shape index (κ2) is 8.84. The van der Waals surface area contributed by atoms with Gasteiger partial charge in [-0.2, -0.15) is 0 Å². The van der Waals surface area contributed by atoms with E-state index in [1.807, 2.05) is 6.92 Å². The van der Waals surface area contributed by atoms with Crippen LogP contribution in [0.1, 0.15) is 31.7 Å². The monoisotopic (exact) mass is 465 g/mol. The molecule has 9 heteroatoms. The van der Waals surface area contributed by atoms with E-state index in [9.17, 15) is 21.6 Å². The Balaban J connectivity index is 2.09. The average molecular weight is 466 g/mol. The number of rotatable bonds is 8. The van der Waals surface area contributed by atoms with E-state index in [2.05, 4.69) is 15.9 Å². The molecule has 6 nitrogen and oxygen atoms in total. The number of unbranched alkanes of at least 4 members (excludes halogenated alkanes) is 1. The molecule has 1 fully saturated rings. The molecule has 0 N–H and O–H groups in total. The average Bonchev–Trinajstić information content (AvgIpc) is 2.86. The van der Waals surface area contributed by atoms with Gasteiger partial charge >= 0.3 is 0 Å². The molecule has 0 spiro atoms. The van der Waals surface area contributed by atoms with Gasteiger partial charge in [0.15, 0.2) is 19.7 Å². The molecule has 0 saturated carbocycles. The van der Waals surface area contributed by atoms with Crippen molar-refractivity contribution in [3.63, 3.8) is 0 Å². The molecule has 26 heavy (non-hydrogen) atoms. The minimum Gasteiger partial charge on any atom is -0.338 e. The Morgan fingerprint density at radius 3 is 2.65 bits per heavy atom. The summed E-state index contributed by atoms with van der Waals surface area (Å²) < 4.78 is 49.2. The summed E-state index contributed by atoms with van der Waals surface area (Å²) in [4.78, 5) is 14.1. The molecule has 0 aliphatic carbocycles. The van der Waals surface area contributed by atoms with Gasteiger partial charge in [-0.1, -0.05) is 41.4 Å². The van der Waals surface area contributed by atoms with Crippen LogP contribution in [-0.4, -0.2) is 57.5 Å². The molecule has 1 heterocycles. The van der Waals surface area contributed by atoms with Gasteiger partial charge in [0, 0.05) is 17.1 Å². The van der Waals surface area contributed by atoms with Crippen molar-refractivity contribution in [3.8, 4) is 0 Å². The zero-order valence-electron chi connectivity index (χ0n) is 14.7. The lowest BCUT2D eigenvalue weighted by atomic mass is 10.2. The van der Waals surface area contributed by atoms with Gasteiger partial charge in [-0.15, -0.1) is 0 Å². The normalized spacial score (nSPS) is 19.4. The molecule has 1 aliphatic rings. The molecule has 1 aromatic carbocycles. The van der Waals surface area contributed by atoms with Crippen LogP contribution in [0.25, 0.3) is 0 Å². The summed E-state index contributed by atoms with van der Waals surface area (Å²) in [6.45, 7) is 2.36. The fourth-order valence-corrected chi connectivity index (χ4v) is 6.57. The van der Waals surface area contributed by atoms with Crippen molar-refractivity contribution in [2.45, 2.75) is 38.0 Å². The van der Waals surface area contributed by atoms with Crippen LogP contribution >= 0.6 is 15.9 Å². The van der Waals surface area contributed by atoms with Crippen molar-refractivity contribution in [3.05, 3.63) is 34.3 Å². The van der Waals surface area contributed by atoms with E-state index in [-0.39, 0.29) is 17.3 Å². The van der Waals surface area contributed by atoms with Gasteiger partial charge in [0.2, 0.25) is 5.91 Å². The van der Waals surface area contributed by atoms with Gasteiger partial charge in [0.25, 0.3) is 0 Å². The Kier molecular flexibility index (Phi) is 7.27. The van der Waals surface area contributed by atoms with E-state index < -0.39 is 37.4 Å². The molecule has 2 rings (SSSR count). The second-order valence-corrected chi connectivity index (χ2v) is 11.9. The van der Waals surface area contributed by atoms with Crippen LogP contribution in [0, 0.1) is 0 Å². The van der Waals surface area contributed by atoms with Crippen LogP contribution in [0.2, 0.25) is 0 Å². The topological polar surface area (TPSA) is 88.6 Å². The highest BCUT2D eigenvalue weighted by Crippen LogP contribution is 2.20. The highest BCUT2D eigenvalue weighted by atomic mass is 79.9. The summed E-state index contributed by atoms with van der Waals surface area (Å²) in [5.41, 5.74) is 0.607. The van der Waals surface area contributed by atoms with Crippen LogP contribution < -0.4 is 0 Å². The number of amides is 1.